The van der Waals surface area contributed by atoms with Crippen LogP contribution >= 0.6 is 11.6 Å². The molecular weight excluding hydrogens is 410 g/mol. The average Bonchev–Trinajstić information content (AvgIpc) is 2.74. The zero-order valence-electron chi connectivity index (χ0n) is 16.1. The van der Waals surface area contributed by atoms with E-state index in [1.54, 1.807) is 35.2 Å². The van der Waals surface area contributed by atoms with E-state index < -0.39 is 23.3 Å². The van der Waals surface area contributed by atoms with Crippen LogP contribution in [0.4, 0.5) is 8.78 Å². The summed E-state index contributed by atoms with van der Waals surface area (Å²) in [6, 6.07) is 10.7. The first-order valence-electron chi connectivity index (χ1n) is 9.72. The Hall–Kier alpha value is -2.86. The van der Waals surface area contributed by atoms with Crippen LogP contribution < -0.4 is 0 Å². The molecule has 2 heterocycles. The first-order chi connectivity index (χ1) is 14.4. The molecule has 2 aromatic carbocycles. The van der Waals surface area contributed by atoms with Gasteiger partial charge in [0, 0.05) is 42.2 Å². The predicted molar refractivity (Wildman–Crippen MR) is 110 cm³/mol. The number of piperidine rings is 1. The number of hydrogen-bond donors (Lipinski definition) is 0. The molecule has 30 heavy (non-hydrogen) atoms. The number of ketones is 1. The summed E-state index contributed by atoms with van der Waals surface area (Å²) < 4.78 is 27.8. The minimum Gasteiger partial charge on any atom is -0.336 e. The second-order valence-corrected chi connectivity index (χ2v) is 7.91. The predicted octanol–water partition coefficient (Wildman–Crippen LogP) is 4.68. The van der Waals surface area contributed by atoms with Crippen molar-refractivity contribution in [2.45, 2.75) is 25.2 Å². The number of fused-ring (bicyclic) bond motifs is 1. The first kappa shape index (κ1) is 20.4. The van der Waals surface area contributed by atoms with Crippen molar-refractivity contribution in [3.05, 3.63) is 76.4 Å². The van der Waals surface area contributed by atoms with Crippen LogP contribution in [0.5, 0.6) is 0 Å². The number of rotatable bonds is 4. The van der Waals surface area contributed by atoms with Crippen LogP contribution in [-0.4, -0.2) is 34.7 Å². The van der Waals surface area contributed by atoms with Crippen LogP contribution in [0.15, 0.2) is 48.7 Å². The van der Waals surface area contributed by atoms with E-state index in [4.69, 9.17) is 11.6 Å². The number of carbonyl (C=O) groups is 2. The minimum atomic E-state index is -0.688. The topological polar surface area (TPSA) is 50.3 Å². The smallest absolute Gasteiger partial charge is 0.290 e. The van der Waals surface area contributed by atoms with Crippen molar-refractivity contribution in [1.82, 2.24) is 9.88 Å². The lowest BCUT2D eigenvalue weighted by Gasteiger charge is -2.32. The van der Waals surface area contributed by atoms with Crippen molar-refractivity contribution in [1.29, 1.82) is 0 Å². The van der Waals surface area contributed by atoms with Crippen molar-refractivity contribution in [3.8, 4) is 0 Å². The monoisotopic (exact) mass is 428 g/mol. The third kappa shape index (κ3) is 4.19. The Morgan fingerprint density at radius 2 is 1.77 bits per heavy atom. The highest BCUT2D eigenvalue weighted by molar-refractivity contribution is 6.36. The van der Waals surface area contributed by atoms with Crippen molar-refractivity contribution < 1.29 is 18.4 Å². The number of hydrogen-bond acceptors (Lipinski definition) is 3. The quantitative estimate of drug-likeness (QED) is 0.567. The van der Waals surface area contributed by atoms with Gasteiger partial charge in [-0.2, -0.15) is 0 Å². The Morgan fingerprint density at radius 3 is 2.47 bits per heavy atom. The van der Waals surface area contributed by atoms with Gasteiger partial charge in [0.05, 0.1) is 0 Å². The van der Waals surface area contributed by atoms with Crippen LogP contribution in [-0.2, 0) is 16.0 Å². The number of likely N-dealkylation sites (tertiary alicyclic amines) is 1. The number of nitrogens with zero attached hydrogens (tertiary/aromatic N) is 2. The van der Waals surface area contributed by atoms with Crippen LogP contribution in [0.1, 0.15) is 29.9 Å². The number of amides is 1. The van der Waals surface area contributed by atoms with Gasteiger partial charge in [0.25, 0.3) is 5.91 Å². The van der Waals surface area contributed by atoms with Crippen LogP contribution in [0.2, 0.25) is 5.02 Å². The molecule has 3 aromatic rings. The van der Waals surface area contributed by atoms with Gasteiger partial charge in [-0.3, -0.25) is 14.6 Å². The SMILES string of the molecule is O=C(Cc1ccc(Cl)cc1)C(=O)N1CCC(c2ccnc3c(F)cc(F)cc23)CC1. The Labute approximate surface area is 177 Å². The zero-order chi connectivity index (χ0) is 21.3. The minimum absolute atomic E-state index is 0.0312. The Kier molecular flexibility index (Phi) is 5.77. The summed E-state index contributed by atoms with van der Waals surface area (Å²) in [5.41, 5.74) is 1.70. The molecule has 1 amide bonds. The Bertz CT molecular complexity index is 1110. The maximum absolute atomic E-state index is 14.1. The fraction of sp³-hybridized carbons (Fsp3) is 0.261. The molecule has 0 bridgehead atoms. The third-order valence-corrected chi connectivity index (χ3v) is 5.79. The highest BCUT2D eigenvalue weighted by atomic mass is 35.5. The summed E-state index contributed by atoms with van der Waals surface area (Å²) >= 11 is 5.84. The third-order valence-electron chi connectivity index (χ3n) is 5.54. The van der Waals surface area contributed by atoms with E-state index in [2.05, 4.69) is 4.98 Å². The van der Waals surface area contributed by atoms with Crippen LogP contribution in [0, 0.1) is 11.6 Å². The summed E-state index contributed by atoms with van der Waals surface area (Å²) in [6.45, 7) is 0.828. The lowest BCUT2D eigenvalue weighted by molar-refractivity contribution is -0.145. The molecule has 0 radical (unpaired) electrons. The number of benzene rings is 2. The summed E-state index contributed by atoms with van der Waals surface area (Å²) in [4.78, 5) is 30.5. The number of carbonyl (C=O) groups excluding carboxylic acids is 2. The normalized spacial score (nSPS) is 14.8. The van der Waals surface area contributed by atoms with Gasteiger partial charge in [0.2, 0.25) is 5.78 Å². The Balaban J connectivity index is 1.44. The van der Waals surface area contributed by atoms with Gasteiger partial charge in [-0.05, 0) is 54.2 Å². The largest absolute Gasteiger partial charge is 0.336 e. The van der Waals surface area contributed by atoms with Crippen molar-refractivity contribution >= 4 is 34.2 Å². The second-order valence-electron chi connectivity index (χ2n) is 7.48. The highest BCUT2D eigenvalue weighted by Crippen LogP contribution is 2.33. The molecule has 4 rings (SSSR count). The number of aromatic nitrogens is 1. The summed E-state index contributed by atoms with van der Waals surface area (Å²) in [5.74, 6) is -2.26. The van der Waals surface area contributed by atoms with E-state index in [9.17, 15) is 18.4 Å². The molecular formula is C23H19ClF2N2O2. The highest BCUT2D eigenvalue weighted by Gasteiger charge is 2.28. The van der Waals surface area contributed by atoms with Gasteiger partial charge in [0.15, 0.2) is 5.82 Å². The molecule has 154 valence electrons. The zero-order valence-corrected chi connectivity index (χ0v) is 16.8. The first-order valence-corrected chi connectivity index (χ1v) is 10.1. The van der Waals surface area contributed by atoms with E-state index in [-0.39, 0.29) is 17.9 Å². The summed E-state index contributed by atoms with van der Waals surface area (Å²) in [5, 5.41) is 1.03. The summed E-state index contributed by atoms with van der Waals surface area (Å²) in [7, 11) is 0. The van der Waals surface area contributed by atoms with Crippen molar-refractivity contribution in [2.75, 3.05) is 13.1 Å². The summed E-state index contributed by atoms with van der Waals surface area (Å²) in [6.07, 6.45) is 2.77. The van der Waals surface area contributed by atoms with E-state index in [0.717, 1.165) is 17.2 Å². The van der Waals surface area contributed by atoms with Crippen LogP contribution in [0.25, 0.3) is 10.9 Å². The molecule has 1 saturated heterocycles. The molecule has 0 saturated carbocycles. The molecule has 1 aliphatic heterocycles. The fourth-order valence-corrected chi connectivity index (χ4v) is 4.11. The maximum Gasteiger partial charge on any atom is 0.290 e. The molecule has 0 aliphatic carbocycles. The second kappa shape index (κ2) is 8.48. The molecule has 0 unspecified atom stereocenters. The van der Waals surface area contributed by atoms with Gasteiger partial charge in [-0.1, -0.05) is 23.7 Å². The van der Waals surface area contributed by atoms with Gasteiger partial charge in [-0.15, -0.1) is 0 Å². The molecule has 0 N–H and O–H groups in total. The molecule has 1 fully saturated rings. The lowest BCUT2D eigenvalue weighted by Crippen LogP contribution is -2.42. The van der Waals surface area contributed by atoms with Gasteiger partial charge >= 0.3 is 0 Å². The van der Waals surface area contributed by atoms with E-state index >= 15 is 0 Å². The lowest BCUT2D eigenvalue weighted by atomic mass is 9.87. The van der Waals surface area contributed by atoms with E-state index in [1.165, 1.54) is 12.3 Å². The number of halogens is 3. The molecule has 7 heteroatoms. The van der Waals surface area contributed by atoms with Gasteiger partial charge in [0.1, 0.15) is 11.3 Å². The molecule has 1 aliphatic rings. The average molecular weight is 429 g/mol. The Morgan fingerprint density at radius 1 is 1.07 bits per heavy atom. The van der Waals surface area contributed by atoms with Crippen molar-refractivity contribution in [2.24, 2.45) is 0 Å². The van der Waals surface area contributed by atoms with Gasteiger partial charge in [-0.25, -0.2) is 8.78 Å². The van der Waals surface area contributed by atoms with E-state index in [1.807, 2.05) is 0 Å². The molecule has 1 aromatic heterocycles. The molecule has 4 nitrogen and oxygen atoms in total. The van der Waals surface area contributed by atoms with Gasteiger partial charge < -0.3 is 4.90 Å². The van der Waals surface area contributed by atoms with E-state index in [0.29, 0.717) is 36.3 Å². The van der Waals surface area contributed by atoms with Crippen molar-refractivity contribution in [3.63, 3.8) is 0 Å². The standard InChI is InChI=1S/C23H19ClF2N2O2/c24-16-3-1-14(2-4-16)11-21(29)23(30)28-9-6-15(7-10-28)18-5-8-27-22-19(18)12-17(25)13-20(22)26/h1-5,8,12-13,15H,6-7,9-11H2. The maximum atomic E-state index is 14.1. The number of pyridine rings is 1. The van der Waals surface area contributed by atoms with Crippen LogP contribution in [0.3, 0.4) is 0 Å². The number of Topliss-reactive ketones (excluding diaryl/α,β-unsaturated/α-hetero) is 1. The fourth-order valence-electron chi connectivity index (χ4n) is 3.99. The molecule has 0 spiro atoms. The molecule has 0 atom stereocenters.